The minimum absolute atomic E-state index is 0.915. The van der Waals surface area contributed by atoms with Gasteiger partial charge in [0.1, 0.15) is 0 Å². The van der Waals surface area contributed by atoms with E-state index in [1.807, 2.05) is 7.05 Å². The van der Waals surface area contributed by atoms with E-state index < -0.39 is 0 Å². The van der Waals surface area contributed by atoms with E-state index in [1.54, 1.807) is 0 Å². The monoisotopic (exact) mass is 298 g/mol. The first-order valence-electron chi connectivity index (χ1n) is 6.40. The molecular weight excluding hydrogens is 276 g/mol. The van der Waals surface area contributed by atoms with Crippen LogP contribution in [0.4, 0.5) is 5.69 Å². The summed E-state index contributed by atoms with van der Waals surface area (Å²) in [5.74, 6) is 0. The highest BCUT2D eigenvalue weighted by atomic mass is 79.9. The molecule has 0 bridgehead atoms. The number of anilines is 1. The van der Waals surface area contributed by atoms with Crippen molar-refractivity contribution in [3.8, 4) is 0 Å². The Balaban J connectivity index is 2.98. The molecule has 96 valence electrons. The second-order valence-electron chi connectivity index (χ2n) is 4.29. The lowest BCUT2D eigenvalue weighted by atomic mass is 10.1. The number of hydrogen-bond donors (Lipinski definition) is 1. The van der Waals surface area contributed by atoms with Crippen molar-refractivity contribution in [3.63, 3.8) is 0 Å². The summed E-state index contributed by atoms with van der Waals surface area (Å²) in [5.41, 5.74) is 2.73. The van der Waals surface area contributed by atoms with Gasteiger partial charge in [0.25, 0.3) is 0 Å². The maximum absolute atomic E-state index is 3.55. The van der Waals surface area contributed by atoms with Crippen molar-refractivity contribution in [2.75, 3.05) is 25.0 Å². The smallest absolute Gasteiger partial charge is 0.0412 e. The molecule has 0 radical (unpaired) electrons. The van der Waals surface area contributed by atoms with Gasteiger partial charge in [-0.1, -0.05) is 29.8 Å². The maximum atomic E-state index is 3.55. The number of benzene rings is 1. The van der Waals surface area contributed by atoms with Gasteiger partial charge in [0.2, 0.25) is 0 Å². The maximum Gasteiger partial charge on any atom is 0.0412 e. The average molecular weight is 299 g/mol. The van der Waals surface area contributed by atoms with E-state index in [0.29, 0.717) is 0 Å². The first kappa shape index (κ1) is 14.5. The summed E-state index contributed by atoms with van der Waals surface area (Å²) in [6.45, 7) is 7.65. The third kappa shape index (κ3) is 4.32. The molecule has 2 nitrogen and oxygen atoms in total. The highest BCUT2D eigenvalue weighted by Gasteiger charge is 2.09. The Kier molecular flexibility index (Phi) is 6.60. The van der Waals surface area contributed by atoms with Crippen LogP contribution in [0.25, 0.3) is 0 Å². The molecule has 0 aliphatic rings. The second-order valence-corrected chi connectivity index (χ2v) is 5.21. The standard InChI is InChI=1S/C14H23BrN2/c1-4-8-17(9-5-2)14-7-6-13(15)10-12(14)11-16-3/h6-7,10,16H,4-5,8-9,11H2,1-3H3. The molecule has 1 N–H and O–H groups in total. The quantitative estimate of drug-likeness (QED) is 0.824. The summed E-state index contributed by atoms with van der Waals surface area (Å²) in [4.78, 5) is 2.49. The second kappa shape index (κ2) is 7.72. The lowest BCUT2D eigenvalue weighted by molar-refractivity contribution is 0.731. The van der Waals surface area contributed by atoms with Gasteiger partial charge in [-0.2, -0.15) is 0 Å². The van der Waals surface area contributed by atoms with Gasteiger partial charge in [0.15, 0.2) is 0 Å². The van der Waals surface area contributed by atoms with Crippen LogP contribution in [-0.2, 0) is 6.54 Å². The Bertz CT molecular complexity index is 333. The minimum atomic E-state index is 0.915. The first-order chi connectivity index (χ1) is 8.22. The van der Waals surface area contributed by atoms with Gasteiger partial charge in [-0.3, -0.25) is 0 Å². The lowest BCUT2D eigenvalue weighted by Gasteiger charge is -2.26. The SMILES string of the molecule is CCCN(CCC)c1ccc(Br)cc1CNC. The number of halogens is 1. The number of nitrogens with zero attached hydrogens (tertiary/aromatic N) is 1. The Morgan fingerprint density at radius 1 is 1.18 bits per heavy atom. The zero-order valence-electron chi connectivity index (χ0n) is 11.1. The molecule has 0 heterocycles. The van der Waals surface area contributed by atoms with Gasteiger partial charge in [0.05, 0.1) is 0 Å². The first-order valence-corrected chi connectivity index (χ1v) is 7.20. The molecule has 3 heteroatoms. The van der Waals surface area contributed by atoms with Gasteiger partial charge in [-0.15, -0.1) is 0 Å². The Hall–Kier alpha value is -0.540. The fourth-order valence-corrected chi connectivity index (χ4v) is 2.50. The number of hydrogen-bond acceptors (Lipinski definition) is 2. The van der Waals surface area contributed by atoms with Crippen LogP contribution in [-0.4, -0.2) is 20.1 Å². The molecule has 0 saturated carbocycles. The van der Waals surface area contributed by atoms with Crippen molar-refractivity contribution in [3.05, 3.63) is 28.2 Å². The van der Waals surface area contributed by atoms with Crippen molar-refractivity contribution in [2.24, 2.45) is 0 Å². The van der Waals surface area contributed by atoms with E-state index in [0.717, 1.165) is 24.1 Å². The average Bonchev–Trinajstić information content (AvgIpc) is 2.30. The largest absolute Gasteiger partial charge is 0.371 e. The summed E-state index contributed by atoms with van der Waals surface area (Å²) < 4.78 is 1.15. The Morgan fingerprint density at radius 2 is 1.82 bits per heavy atom. The van der Waals surface area contributed by atoms with Crippen LogP contribution in [0, 0.1) is 0 Å². The topological polar surface area (TPSA) is 15.3 Å². The van der Waals surface area contributed by atoms with Gasteiger partial charge in [-0.25, -0.2) is 0 Å². The molecule has 17 heavy (non-hydrogen) atoms. The van der Waals surface area contributed by atoms with Gasteiger partial charge in [0, 0.05) is 29.8 Å². The van der Waals surface area contributed by atoms with Gasteiger partial charge < -0.3 is 10.2 Å². The van der Waals surface area contributed by atoms with Crippen molar-refractivity contribution < 1.29 is 0 Å². The van der Waals surface area contributed by atoms with Gasteiger partial charge >= 0.3 is 0 Å². The predicted octanol–water partition coefficient (Wildman–Crippen LogP) is 3.79. The van der Waals surface area contributed by atoms with E-state index in [4.69, 9.17) is 0 Å². The highest BCUT2D eigenvalue weighted by Crippen LogP contribution is 2.25. The Labute approximate surface area is 114 Å². The summed E-state index contributed by atoms with van der Waals surface area (Å²) in [7, 11) is 1.99. The number of rotatable bonds is 7. The van der Waals surface area contributed by atoms with Crippen molar-refractivity contribution in [1.29, 1.82) is 0 Å². The molecule has 1 aromatic rings. The normalized spacial score (nSPS) is 10.6. The van der Waals surface area contributed by atoms with E-state index in [9.17, 15) is 0 Å². The summed E-state index contributed by atoms with van der Waals surface area (Å²) >= 11 is 3.55. The molecule has 0 spiro atoms. The van der Waals surface area contributed by atoms with Crippen LogP contribution in [0.5, 0.6) is 0 Å². The van der Waals surface area contributed by atoms with Crippen LogP contribution >= 0.6 is 15.9 Å². The van der Waals surface area contributed by atoms with Crippen molar-refractivity contribution in [1.82, 2.24) is 5.32 Å². The Morgan fingerprint density at radius 3 is 2.35 bits per heavy atom. The summed E-state index contributed by atoms with van der Waals surface area (Å²) in [6.07, 6.45) is 2.38. The van der Waals surface area contributed by atoms with E-state index in [1.165, 1.54) is 24.1 Å². The molecule has 0 atom stereocenters. The van der Waals surface area contributed by atoms with Crippen LogP contribution in [0.2, 0.25) is 0 Å². The molecule has 0 aromatic heterocycles. The predicted molar refractivity (Wildman–Crippen MR) is 79.7 cm³/mol. The number of nitrogens with one attached hydrogen (secondary N) is 1. The molecule has 1 rings (SSSR count). The minimum Gasteiger partial charge on any atom is -0.371 e. The van der Waals surface area contributed by atoms with Crippen molar-refractivity contribution >= 4 is 21.6 Å². The van der Waals surface area contributed by atoms with E-state index in [2.05, 4.69) is 58.2 Å². The van der Waals surface area contributed by atoms with Crippen LogP contribution in [0.3, 0.4) is 0 Å². The summed E-state index contributed by atoms with van der Waals surface area (Å²) in [5, 5.41) is 3.24. The zero-order chi connectivity index (χ0) is 12.7. The zero-order valence-corrected chi connectivity index (χ0v) is 12.7. The molecule has 0 aliphatic heterocycles. The summed E-state index contributed by atoms with van der Waals surface area (Å²) in [6, 6.07) is 6.57. The lowest BCUT2D eigenvalue weighted by Crippen LogP contribution is -2.26. The van der Waals surface area contributed by atoms with Crippen molar-refractivity contribution in [2.45, 2.75) is 33.2 Å². The fourth-order valence-electron chi connectivity index (χ4n) is 2.09. The van der Waals surface area contributed by atoms with E-state index >= 15 is 0 Å². The molecule has 0 saturated heterocycles. The molecule has 0 fully saturated rings. The van der Waals surface area contributed by atoms with Crippen LogP contribution in [0.15, 0.2) is 22.7 Å². The molecule has 0 amide bonds. The molecular formula is C14H23BrN2. The molecule has 0 unspecified atom stereocenters. The third-order valence-corrected chi connectivity index (χ3v) is 3.23. The third-order valence-electron chi connectivity index (χ3n) is 2.74. The van der Waals surface area contributed by atoms with Crippen LogP contribution < -0.4 is 10.2 Å². The van der Waals surface area contributed by atoms with Gasteiger partial charge in [-0.05, 0) is 43.7 Å². The van der Waals surface area contributed by atoms with Crippen LogP contribution in [0.1, 0.15) is 32.3 Å². The molecule has 0 aliphatic carbocycles. The van der Waals surface area contributed by atoms with E-state index in [-0.39, 0.29) is 0 Å². The fraction of sp³-hybridized carbons (Fsp3) is 0.571. The highest BCUT2D eigenvalue weighted by molar-refractivity contribution is 9.10. The molecule has 1 aromatic carbocycles.